The zero-order valence-corrected chi connectivity index (χ0v) is 12.5. The lowest BCUT2D eigenvalue weighted by Crippen LogP contribution is -2.47. The molecule has 112 valence electrons. The highest BCUT2D eigenvalue weighted by Crippen LogP contribution is 2.08. The number of hydrogen-bond acceptors (Lipinski definition) is 4. The van der Waals surface area contributed by atoms with Gasteiger partial charge in [-0.05, 0) is 32.9 Å². The number of nitrogens with zero attached hydrogens (tertiary/aromatic N) is 1. The molecule has 0 spiro atoms. The van der Waals surface area contributed by atoms with E-state index in [0.29, 0.717) is 12.6 Å². The van der Waals surface area contributed by atoms with Crippen LogP contribution in [0.15, 0.2) is 0 Å². The molecule has 7 heteroatoms. The van der Waals surface area contributed by atoms with Crippen molar-refractivity contribution in [3.05, 3.63) is 0 Å². The zero-order chi connectivity index (χ0) is 13.4. The Bertz CT molecular complexity index is 283. The number of amides is 3. The Labute approximate surface area is 121 Å². The minimum atomic E-state index is -0.413. The van der Waals surface area contributed by atoms with Crippen molar-refractivity contribution in [1.82, 2.24) is 20.9 Å². The Morgan fingerprint density at radius 3 is 2.63 bits per heavy atom. The Balaban J connectivity index is 0.00000324. The molecule has 0 aromatic heterocycles. The van der Waals surface area contributed by atoms with Gasteiger partial charge in [0.05, 0.1) is 6.54 Å². The second-order valence-corrected chi connectivity index (χ2v) is 4.52. The molecule has 19 heavy (non-hydrogen) atoms. The highest BCUT2D eigenvalue weighted by atomic mass is 35.5. The van der Waals surface area contributed by atoms with Crippen LogP contribution in [0.1, 0.15) is 26.7 Å². The van der Waals surface area contributed by atoms with E-state index >= 15 is 0 Å². The highest BCUT2D eigenvalue weighted by Gasteiger charge is 2.23. The third kappa shape index (κ3) is 6.75. The molecule has 1 fully saturated rings. The van der Waals surface area contributed by atoms with Crippen molar-refractivity contribution < 1.29 is 9.59 Å². The summed E-state index contributed by atoms with van der Waals surface area (Å²) in [4.78, 5) is 25.1. The summed E-state index contributed by atoms with van der Waals surface area (Å²) < 4.78 is 0. The third-order valence-corrected chi connectivity index (χ3v) is 3.00. The first-order valence-corrected chi connectivity index (χ1v) is 6.69. The van der Waals surface area contributed by atoms with Crippen LogP contribution in [0, 0.1) is 0 Å². The minimum absolute atomic E-state index is 0. The van der Waals surface area contributed by atoms with Gasteiger partial charge in [0.15, 0.2) is 0 Å². The summed E-state index contributed by atoms with van der Waals surface area (Å²) in [6.45, 7) is 7.53. The van der Waals surface area contributed by atoms with Crippen molar-refractivity contribution in [3.63, 3.8) is 0 Å². The molecule has 1 aliphatic heterocycles. The predicted molar refractivity (Wildman–Crippen MR) is 77.6 cm³/mol. The molecule has 1 rings (SSSR count). The smallest absolute Gasteiger partial charge is 0.321 e. The van der Waals surface area contributed by atoms with Crippen molar-refractivity contribution in [2.45, 2.75) is 32.7 Å². The van der Waals surface area contributed by atoms with Crippen LogP contribution in [-0.2, 0) is 4.79 Å². The van der Waals surface area contributed by atoms with Crippen molar-refractivity contribution in [2.24, 2.45) is 0 Å². The van der Waals surface area contributed by atoms with Gasteiger partial charge in [0.2, 0.25) is 5.91 Å². The monoisotopic (exact) mass is 292 g/mol. The Morgan fingerprint density at radius 2 is 2.11 bits per heavy atom. The molecule has 1 saturated heterocycles. The maximum Gasteiger partial charge on any atom is 0.321 e. The highest BCUT2D eigenvalue weighted by molar-refractivity contribution is 5.95. The molecule has 0 saturated carbocycles. The van der Waals surface area contributed by atoms with Gasteiger partial charge in [0.25, 0.3) is 0 Å². The van der Waals surface area contributed by atoms with E-state index in [1.807, 2.05) is 6.92 Å². The Morgan fingerprint density at radius 1 is 1.37 bits per heavy atom. The zero-order valence-electron chi connectivity index (χ0n) is 11.7. The van der Waals surface area contributed by atoms with Crippen LogP contribution in [0.2, 0.25) is 0 Å². The van der Waals surface area contributed by atoms with E-state index in [4.69, 9.17) is 0 Å². The van der Waals surface area contributed by atoms with Gasteiger partial charge in [-0.2, -0.15) is 0 Å². The van der Waals surface area contributed by atoms with Crippen LogP contribution < -0.4 is 16.0 Å². The summed E-state index contributed by atoms with van der Waals surface area (Å²) in [6.07, 6.45) is 2.07. The number of carbonyl (C=O) groups is 2. The predicted octanol–water partition coefficient (Wildman–Crippen LogP) is 0.328. The maximum atomic E-state index is 11.7. The number of carbonyl (C=O) groups excluding carboxylic acids is 2. The van der Waals surface area contributed by atoms with Crippen molar-refractivity contribution in [1.29, 1.82) is 0 Å². The van der Waals surface area contributed by atoms with E-state index in [2.05, 4.69) is 27.8 Å². The van der Waals surface area contributed by atoms with Crippen molar-refractivity contribution in [3.8, 4) is 0 Å². The fourth-order valence-electron chi connectivity index (χ4n) is 2.18. The topological polar surface area (TPSA) is 73.5 Å². The van der Waals surface area contributed by atoms with Gasteiger partial charge in [0.1, 0.15) is 0 Å². The Kier molecular flexibility index (Phi) is 9.55. The molecule has 3 N–H and O–H groups in total. The minimum Gasteiger partial charge on any atom is -0.338 e. The molecule has 0 aromatic carbocycles. The average molecular weight is 293 g/mol. The molecule has 0 aliphatic carbocycles. The van der Waals surface area contributed by atoms with Crippen LogP contribution in [0.5, 0.6) is 0 Å². The van der Waals surface area contributed by atoms with E-state index in [0.717, 1.165) is 32.5 Å². The average Bonchev–Trinajstić information content (AvgIpc) is 2.81. The van der Waals surface area contributed by atoms with Gasteiger partial charge >= 0.3 is 6.03 Å². The largest absolute Gasteiger partial charge is 0.338 e. The summed E-state index contributed by atoms with van der Waals surface area (Å²) in [7, 11) is 0. The normalized spacial score (nSPS) is 17.9. The SMILES string of the molecule is CCCN(CC(=O)NC(=O)NCC)C1CCNC1.Cl. The quantitative estimate of drug-likeness (QED) is 0.660. The first-order valence-electron chi connectivity index (χ1n) is 6.69. The van der Waals surface area contributed by atoms with Crippen LogP contribution in [0.25, 0.3) is 0 Å². The van der Waals surface area contributed by atoms with Gasteiger partial charge in [0, 0.05) is 19.1 Å². The molecular formula is C12H25ClN4O2. The molecule has 1 atom stereocenters. The van der Waals surface area contributed by atoms with Gasteiger partial charge in [-0.1, -0.05) is 6.92 Å². The first-order chi connectivity index (χ1) is 8.67. The van der Waals surface area contributed by atoms with E-state index in [1.54, 1.807) is 0 Å². The molecule has 1 heterocycles. The number of hydrogen-bond donors (Lipinski definition) is 3. The van der Waals surface area contributed by atoms with Crippen molar-refractivity contribution in [2.75, 3.05) is 32.7 Å². The summed E-state index contributed by atoms with van der Waals surface area (Å²) in [5.41, 5.74) is 0. The number of imide groups is 1. The number of nitrogens with one attached hydrogen (secondary N) is 3. The summed E-state index contributed by atoms with van der Waals surface area (Å²) >= 11 is 0. The summed E-state index contributed by atoms with van der Waals surface area (Å²) in [5, 5.41) is 8.18. The van der Waals surface area contributed by atoms with Gasteiger partial charge in [-0.3, -0.25) is 15.0 Å². The molecule has 6 nitrogen and oxygen atoms in total. The lowest BCUT2D eigenvalue weighted by molar-refractivity contribution is -0.121. The molecule has 1 unspecified atom stereocenters. The molecular weight excluding hydrogens is 268 g/mol. The summed E-state index contributed by atoms with van der Waals surface area (Å²) in [5.74, 6) is -0.235. The molecule has 0 bridgehead atoms. The van der Waals surface area contributed by atoms with Gasteiger partial charge in [-0.25, -0.2) is 4.79 Å². The van der Waals surface area contributed by atoms with Crippen molar-refractivity contribution >= 4 is 24.3 Å². The number of halogens is 1. The standard InChI is InChI=1S/C12H24N4O2.ClH/c1-3-7-16(10-5-6-13-8-10)9-11(17)15-12(18)14-4-2;/h10,13H,3-9H2,1-2H3,(H2,14,15,17,18);1H. The van der Waals surface area contributed by atoms with Gasteiger partial charge in [-0.15, -0.1) is 12.4 Å². The van der Waals surface area contributed by atoms with Crippen LogP contribution in [0.3, 0.4) is 0 Å². The van der Waals surface area contributed by atoms with E-state index in [-0.39, 0.29) is 24.9 Å². The first kappa shape index (κ1) is 18.1. The molecule has 1 aliphatic rings. The molecule has 0 aromatic rings. The van der Waals surface area contributed by atoms with Gasteiger partial charge < -0.3 is 10.6 Å². The maximum absolute atomic E-state index is 11.7. The van der Waals surface area contributed by atoms with E-state index in [1.165, 1.54) is 0 Å². The Hall–Kier alpha value is -0.850. The number of rotatable bonds is 6. The molecule has 3 amide bonds. The second kappa shape index (κ2) is 10.00. The third-order valence-electron chi connectivity index (χ3n) is 3.00. The lowest BCUT2D eigenvalue weighted by atomic mass is 10.2. The number of urea groups is 1. The molecule has 0 radical (unpaired) electrons. The fraction of sp³-hybridized carbons (Fsp3) is 0.833. The second-order valence-electron chi connectivity index (χ2n) is 4.52. The fourth-order valence-corrected chi connectivity index (χ4v) is 2.18. The van der Waals surface area contributed by atoms with Crippen LogP contribution >= 0.6 is 12.4 Å². The van der Waals surface area contributed by atoms with Crippen LogP contribution in [0.4, 0.5) is 4.79 Å². The van der Waals surface area contributed by atoms with E-state index < -0.39 is 6.03 Å². The lowest BCUT2D eigenvalue weighted by Gasteiger charge is -2.26. The van der Waals surface area contributed by atoms with E-state index in [9.17, 15) is 9.59 Å². The summed E-state index contributed by atoms with van der Waals surface area (Å²) in [6, 6.07) is -0.00608. The van der Waals surface area contributed by atoms with Crippen LogP contribution in [-0.4, -0.2) is 55.6 Å².